The first-order valence-electron chi connectivity index (χ1n) is 14.4. The number of aliphatic hydroxyl groups is 1. The van der Waals surface area contributed by atoms with E-state index in [-0.39, 0.29) is 25.4 Å². The largest absolute Gasteiger partial charge is 0.491 e. The summed E-state index contributed by atoms with van der Waals surface area (Å²) in [6, 6.07) is 27.4. The SMILES string of the molecule is O=C(Cc1ccc2nc(-c3ccc(N4CCOCC4)cc3)[nH]c2c1)c1ccc2nc(-c3ccc(OCCO)cc3)[nH]c2c1. The molecule has 4 aromatic carbocycles. The number of ether oxygens (including phenoxy) is 2. The number of nitrogens with zero attached hydrogens (tertiary/aromatic N) is 3. The maximum absolute atomic E-state index is 13.3. The van der Waals surface area contributed by atoms with Crippen LogP contribution < -0.4 is 9.64 Å². The van der Waals surface area contributed by atoms with Gasteiger partial charge in [-0.25, -0.2) is 9.97 Å². The fourth-order valence-corrected chi connectivity index (χ4v) is 5.43. The molecule has 0 amide bonds. The Morgan fingerprint density at radius 1 is 0.814 bits per heavy atom. The van der Waals surface area contributed by atoms with Crippen molar-refractivity contribution in [3.8, 4) is 28.5 Å². The average Bonchev–Trinajstić information content (AvgIpc) is 3.68. The molecule has 0 unspecified atom stereocenters. The van der Waals surface area contributed by atoms with Gasteiger partial charge in [-0.05, 0) is 84.4 Å². The van der Waals surface area contributed by atoms with E-state index in [2.05, 4.69) is 44.1 Å². The van der Waals surface area contributed by atoms with Crippen molar-refractivity contribution >= 4 is 33.5 Å². The third kappa shape index (κ3) is 5.73. The lowest BCUT2D eigenvalue weighted by molar-refractivity contribution is 0.0993. The first-order chi connectivity index (χ1) is 21.1. The highest BCUT2D eigenvalue weighted by Crippen LogP contribution is 2.26. The Hall–Kier alpha value is -4.99. The molecule has 3 heterocycles. The number of imidazole rings is 2. The molecule has 0 aliphatic carbocycles. The fourth-order valence-electron chi connectivity index (χ4n) is 5.43. The Labute approximate surface area is 248 Å². The highest BCUT2D eigenvalue weighted by Gasteiger charge is 2.14. The number of ketones is 1. The van der Waals surface area contributed by atoms with Gasteiger partial charge in [-0.2, -0.15) is 0 Å². The number of nitrogens with one attached hydrogen (secondary N) is 2. The molecule has 0 bridgehead atoms. The molecular weight excluding hydrogens is 542 g/mol. The van der Waals surface area contributed by atoms with Crippen LogP contribution in [-0.2, 0) is 11.2 Å². The predicted molar refractivity (Wildman–Crippen MR) is 167 cm³/mol. The molecule has 216 valence electrons. The summed E-state index contributed by atoms with van der Waals surface area (Å²) in [5.41, 5.74) is 8.01. The van der Waals surface area contributed by atoms with Gasteiger partial charge >= 0.3 is 0 Å². The molecule has 1 aliphatic rings. The van der Waals surface area contributed by atoms with Crippen LogP contribution in [0.4, 0.5) is 5.69 Å². The fraction of sp³-hybridized carbons (Fsp3) is 0.206. The number of benzene rings is 4. The summed E-state index contributed by atoms with van der Waals surface area (Å²) in [5.74, 6) is 2.23. The van der Waals surface area contributed by atoms with Crippen LogP contribution >= 0.6 is 0 Å². The monoisotopic (exact) mass is 573 g/mol. The smallest absolute Gasteiger partial charge is 0.167 e. The summed E-state index contributed by atoms with van der Waals surface area (Å²) in [6.45, 7) is 3.54. The first kappa shape index (κ1) is 26.9. The van der Waals surface area contributed by atoms with Crippen molar-refractivity contribution in [2.45, 2.75) is 6.42 Å². The predicted octanol–water partition coefficient (Wildman–Crippen LogP) is 5.41. The Kier molecular flexibility index (Phi) is 7.32. The van der Waals surface area contributed by atoms with E-state index in [1.807, 2.05) is 60.7 Å². The molecule has 7 rings (SSSR count). The van der Waals surface area contributed by atoms with Gasteiger partial charge in [0.1, 0.15) is 24.0 Å². The number of aliphatic hydroxyl groups excluding tert-OH is 1. The molecule has 1 saturated heterocycles. The minimum atomic E-state index is -0.0314. The Balaban J connectivity index is 1.05. The topological polar surface area (TPSA) is 116 Å². The number of carbonyl (C=O) groups excluding carboxylic acids is 1. The zero-order chi connectivity index (χ0) is 29.2. The molecule has 3 N–H and O–H groups in total. The van der Waals surface area contributed by atoms with Gasteiger partial charge in [-0.1, -0.05) is 6.07 Å². The second-order valence-corrected chi connectivity index (χ2v) is 10.6. The van der Waals surface area contributed by atoms with E-state index in [0.29, 0.717) is 17.1 Å². The van der Waals surface area contributed by atoms with Gasteiger partial charge in [0.05, 0.1) is 41.9 Å². The number of morpholine rings is 1. The zero-order valence-corrected chi connectivity index (χ0v) is 23.5. The number of aromatic amines is 2. The van der Waals surface area contributed by atoms with Gasteiger partial charge in [-0.15, -0.1) is 0 Å². The number of hydrogen-bond acceptors (Lipinski definition) is 7. The van der Waals surface area contributed by atoms with Crippen LogP contribution in [0.3, 0.4) is 0 Å². The molecular formula is C34H31N5O4. The molecule has 9 heteroatoms. The Bertz CT molecular complexity index is 1890. The van der Waals surface area contributed by atoms with Crippen LogP contribution in [0.1, 0.15) is 15.9 Å². The van der Waals surface area contributed by atoms with Crippen molar-refractivity contribution in [2.24, 2.45) is 0 Å². The van der Waals surface area contributed by atoms with Crippen LogP contribution in [-0.4, -0.2) is 70.3 Å². The molecule has 0 radical (unpaired) electrons. The standard InChI is InChI=1S/C34H31N5O4/c40-15-18-43-27-9-4-24(5-10-27)34-36-29-12-6-25(21-31(29)38-34)32(41)20-22-1-11-28-30(19-22)37-33(35-28)23-2-7-26(8-3-23)39-13-16-42-17-14-39/h1-12,19,21,40H,13-18,20H2,(H,35,37)(H,36,38). The van der Waals surface area contributed by atoms with Crippen molar-refractivity contribution in [3.05, 3.63) is 96.1 Å². The van der Waals surface area contributed by atoms with E-state index < -0.39 is 0 Å². The van der Waals surface area contributed by atoms with Crippen molar-refractivity contribution in [3.63, 3.8) is 0 Å². The molecule has 1 aliphatic heterocycles. The lowest BCUT2D eigenvalue weighted by atomic mass is 10.0. The Morgan fingerprint density at radius 3 is 2.12 bits per heavy atom. The van der Waals surface area contributed by atoms with Gasteiger partial charge in [0.2, 0.25) is 0 Å². The lowest BCUT2D eigenvalue weighted by Crippen LogP contribution is -2.36. The zero-order valence-electron chi connectivity index (χ0n) is 23.5. The lowest BCUT2D eigenvalue weighted by Gasteiger charge is -2.28. The van der Waals surface area contributed by atoms with E-state index in [1.165, 1.54) is 5.69 Å². The summed E-state index contributed by atoms with van der Waals surface area (Å²) in [7, 11) is 0. The third-order valence-electron chi connectivity index (χ3n) is 7.72. The minimum Gasteiger partial charge on any atom is -0.491 e. The van der Waals surface area contributed by atoms with E-state index in [9.17, 15) is 4.79 Å². The van der Waals surface area contributed by atoms with Crippen LogP contribution in [0.5, 0.6) is 5.75 Å². The molecule has 1 fully saturated rings. The number of fused-ring (bicyclic) bond motifs is 2. The van der Waals surface area contributed by atoms with Gasteiger partial charge in [0, 0.05) is 41.9 Å². The maximum Gasteiger partial charge on any atom is 0.167 e. The molecule has 0 atom stereocenters. The second kappa shape index (κ2) is 11.7. The molecule has 9 nitrogen and oxygen atoms in total. The number of aromatic nitrogens is 4. The van der Waals surface area contributed by atoms with Crippen molar-refractivity contribution in [1.29, 1.82) is 0 Å². The maximum atomic E-state index is 13.3. The van der Waals surface area contributed by atoms with E-state index in [0.717, 1.165) is 70.9 Å². The quantitative estimate of drug-likeness (QED) is 0.198. The highest BCUT2D eigenvalue weighted by molar-refractivity contribution is 6.00. The Morgan fingerprint density at radius 2 is 1.44 bits per heavy atom. The van der Waals surface area contributed by atoms with Crippen molar-refractivity contribution < 1.29 is 19.4 Å². The van der Waals surface area contributed by atoms with Crippen LogP contribution in [0, 0.1) is 0 Å². The van der Waals surface area contributed by atoms with Gasteiger partial charge < -0.3 is 29.4 Å². The number of carbonyl (C=O) groups is 1. The highest BCUT2D eigenvalue weighted by atomic mass is 16.5. The molecule has 43 heavy (non-hydrogen) atoms. The number of Topliss-reactive ketones (excluding diaryl/α,β-unsaturated/α-hetero) is 1. The number of anilines is 1. The molecule has 0 spiro atoms. The number of hydrogen-bond donors (Lipinski definition) is 3. The first-order valence-corrected chi connectivity index (χ1v) is 14.4. The normalized spacial score (nSPS) is 13.6. The van der Waals surface area contributed by atoms with Gasteiger partial charge in [0.25, 0.3) is 0 Å². The van der Waals surface area contributed by atoms with E-state index in [4.69, 9.17) is 19.6 Å². The second-order valence-electron chi connectivity index (χ2n) is 10.6. The minimum absolute atomic E-state index is 0.0289. The van der Waals surface area contributed by atoms with Crippen LogP contribution in [0.2, 0.25) is 0 Å². The van der Waals surface area contributed by atoms with E-state index >= 15 is 0 Å². The summed E-state index contributed by atoms with van der Waals surface area (Å²) in [6.07, 6.45) is 0.278. The van der Waals surface area contributed by atoms with Crippen molar-refractivity contribution in [2.75, 3.05) is 44.4 Å². The van der Waals surface area contributed by atoms with Gasteiger partial charge in [0.15, 0.2) is 5.78 Å². The van der Waals surface area contributed by atoms with Crippen LogP contribution in [0.25, 0.3) is 44.8 Å². The molecule has 0 saturated carbocycles. The summed E-state index contributed by atoms with van der Waals surface area (Å²) < 4.78 is 10.9. The van der Waals surface area contributed by atoms with Crippen LogP contribution in [0.15, 0.2) is 84.9 Å². The molecule has 2 aromatic heterocycles. The number of H-pyrrole nitrogens is 2. The summed E-state index contributed by atoms with van der Waals surface area (Å²) in [4.78, 5) is 31.8. The number of rotatable bonds is 9. The van der Waals surface area contributed by atoms with Crippen molar-refractivity contribution in [1.82, 2.24) is 19.9 Å². The molecule has 6 aromatic rings. The summed E-state index contributed by atoms with van der Waals surface area (Å²) in [5, 5.41) is 8.94. The third-order valence-corrected chi connectivity index (χ3v) is 7.72. The van der Waals surface area contributed by atoms with Gasteiger partial charge in [-0.3, -0.25) is 4.79 Å². The average molecular weight is 574 g/mol. The van der Waals surface area contributed by atoms with E-state index in [1.54, 1.807) is 0 Å². The summed E-state index contributed by atoms with van der Waals surface area (Å²) >= 11 is 0.